The van der Waals surface area contributed by atoms with Crippen LogP contribution in [-0.4, -0.2) is 40.4 Å². The third-order valence-electron chi connectivity index (χ3n) is 6.02. The second kappa shape index (κ2) is 10.5. The van der Waals surface area contributed by atoms with Gasteiger partial charge in [-0.05, 0) is 43.7 Å². The van der Waals surface area contributed by atoms with Crippen LogP contribution in [0.3, 0.4) is 0 Å². The Bertz CT molecular complexity index is 817. The van der Waals surface area contributed by atoms with Crippen LogP contribution in [0.25, 0.3) is 0 Å². The molecule has 3 rings (SSSR count). The molecule has 162 valence electrons. The lowest BCUT2D eigenvalue weighted by atomic mass is 9.97. The number of fused-ring (bicyclic) bond motifs is 1. The smallest absolute Gasteiger partial charge is 0.262 e. The van der Waals surface area contributed by atoms with Gasteiger partial charge in [-0.1, -0.05) is 57.2 Å². The Balaban J connectivity index is 1.56. The molecule has 2 N–H and O–H groups in total. The fraction of sp³-hybridized carbons (Fsp3) is 0.542. The van der Waals surface area contributed by atoms with Gasteiger partial charge in [0.15, 0.2) is 0 Å². The van der Waals surface area contributed by atoms with Crippen molar-refractivity contribution in [2.24, 2.45) is 0 Å². The molecule has 1 fully saturated rings. The number of hydrogen-bond acceptors (Lipinski definition) is 4. The number of imide groups is 1. The van der Waals surface area contributed by atoms with Crippen LogP contribution >= 0.6 is 0 Å². The summed E-state index contributed by atoms with van der Waals surface area (Å²) in [4.78, 5) is 39.5. The van der Waals surface area contributed by atoms with E-state index in [1.165, 1.54) is 19.3 Å². The summed E-state index contributed by atoms with van der Waals surface area (Å²) < 4.78 is 0. The van der Waals surface area contributed by atoms with E-state index in [4.69, 9.17) is 5.11 Å². The number of rotatable bonds is 11. The number of nitrogens with one attached hydrogen (secondary N) is 1. The number of amides is 3. The number of hydrogen-bond donors (Lipinski definition) is 2. The molecular weight excluding hydrogens is 380 g/mol. The van der Waals surface area contributed by atoms with E-state index in [0.29, 0.717) is 29.7 Å². The van der Waals surface area contributed by atoms with Crippen LogP contribution in [0.15, 0.2) is 30.5 Å². The Labute approximate surface area is 178 Å². The number of aliphatic hydroxyl groups is 1. The van der Waals surface area contributed by atoms with Crippen molar-refractivity contribution in [2.45, 2.75) is 76.7 Å². The lowest BCUT2D eigenvalue weighted by Gasteiger charge is -2.29. The predicted octanol–water partition coefficient (Wildman–Crippen LogP) is 3.73. The highest BCUT2D eigenvalue weighted by atomic mass is 16.3. The molecule has 0 bridgehead atoms. The fourth-order valence-corrected chi connectivity index (χ4v) is 4.36. The molecule has 1 atom stereocenters. The van der Waals surface area contributed by atoms with Crippen LogP contribution in [0.2, 0.25) is 0 Å². The number of aryl methyl sites for hydroxylation is 1. The van der Waals surface area contributed by atoms with Gasteiger partial charge >= 0.3 is 0 Å². The molecular formula is C24H32N2O4. The Hall–Kier alpha value is -2.47. The van der Waals surface area contributed by atoms with Gasteiger partial charge in [-0.2, -0.15) is 0 Å². The summed E-state index contributed by atoms with van der Waals surface area (Å²) in [6, 6.07) is 4.67. The number of allylic oxidation sites excluding steroid dienone is 1. The molecule has 0 aromatic heterocycles. The number of carbonyl (C=O) groups is 3. The largest absolute Gasteiger partial charge is 0.396 e. The van der Waals surface area contributed by atoms with Crippen molar-refractivity contribution in [3.05, 3.63) is 47.2 Å². The maximum Gasteiger partial charge on any atom is 0.262 e. The van der Waals surface area contributed by atoms with E-state index >= 15 is 0 Å². The lowest BCUT2D eigenvalue weighted by Crippen LogP contribution is -2.51. The van der Waals surface area contributed by atoms with Gasteiger partial charge in [0.1, 0.15) is 6.04 Å². The zero-order valence-electron chi connectivity index (χ0n) is 17.6. The summed E-state index contributed by atoms with van der Waals surface area (Å²) in [5, 5.41) is 11.5. The molecule has 2 aliphatic rings. The van der Waals surface area contributed by atoms with Crippen molar-refractivity contribution in [3.63, 3.8) is 0 Å². The molecule has 0 radical (unpaired) electrons. The maximum absolute atomic E-state index is 13.1. The monoisotopic (exact) mass is 412 g/mol. The van der Waals surface area contributed by atoms with Gasteiger partial charge in [0.2, 0.25) is 5.91 Å². The van der Waals surface area contributed by atoms with Gasteiger partial charge in [0.05, 0.1) is 11.1 Å². The summed E-state index contributed by atoms with van der Waals surface area (Å²) in [7, 11) is 0. The second-order valence-electron chi connectivity index (χ2n) is 8.27. The van der Waals surface area contributed by atoms with Crippen molar-refractivity contribution in [1.82, 2.24) is 10.2 Å². The number of nitrogens with zero attached hydrogens (tertiary/aromatic N) is 1. The van der Waals surface area contributed by atoms with Gasteiger partial charge in [-0.15, -0.1) is 0 Å². The minimum Gasteiger partial charge on any atom is -0.396 e. The molecule has 3 amide bonds. The molecule has 2 heterocycles. The van der Waals surface area contributed by atoms with E-state index in [1.807, 2.05) is 12.1 Å². The van der Waals surface area contributed by atoms with E-state index in [2.05, 4.69) is 11.9 Å². The molecule has 1 saturated heterocycles. The highest BCUT2D eigenvalue weighted by Crippen LogP contribution is 2.31. The lowest BCUT2D eigenvalue weighted by molar-refractivity contribution is -0.125. The Morgan fingerprint density at radius 3 is 2.30 bits per heavy atom. The van der Waals surface area contributed by atoms with E-state index in [-0.39, 0.29) is 24.3 Å². The van der Waals surface area contributed by atoms with Gasteiger partial charge in [-0.3, -0.25) is 19.3 Å². The average Bonchev–Trinajstić information content (AvgIpc) is 2.98. The SMILES string of the molecule is C=C1CCC(N2C(=O)c3cccc(CCCCCCCCCCO)c3C2=O)C(=O)N1. The zero-order chi connectivity index (χ0) is 21.5. The maximum atomic E-state index is 13.1. The molecule has 0 spiro atoms. The first-order valence-corrected chi connectivity index (χ1v) is 11.1. The van der Waals surface area contributed by atoms with Crippen molar-refractivity contribution in [1.29, 1.82) is 0 Å². The normalized spacial score (nSPS) is 18.7. The van der Waals surface area contributed by atoms with Crippen LogP contribution in [0.4, 0.5) is 0 Å². The standard InChI is InChI=1S/C24H32N2O4/c1-17-14-15-20(22(28)25-17)26-23(29)19-13-10-12-18(21(19)24(26)30)11-8-6-4-2-3-5-7-9-16-27/h10,12-13,20,27H,1-9,11,14-16H2,(H,25,28). The Morgan fingerprint density at radius 1 is 0.967 bits per heavy atom. The van der Waals surface area contributed by atoms with Gasteiger partial charge in [0.25, 0.3) is 11.8 Å². The molecule has 0 saturated carbocycles. The van der Waals surface area contributed by atoms with Crippen LogP contribution < -0.4 is 5.32 Å². The first-order chi connectivity index (χ1) is 14.5. The van der Waals surface area contributed by atoms with Crippen LogP contribution in [0.1, 0.15) is 90.5 Å². The minimum absolute atomic E-state index is 0.279. The molecule has 1 unspecified atom stereocenters. The van der Waals surface area contributed by atoms with E-state index < -0.39 is 6.04 Å². The fourth-order valence-electron chi connectivity index (χ4n) is 4.36. The van der Waals surface area contributed by atoms with Crippen LogP contribution in [0, 0.1) is 0 Å². The van der Waals surface area contributed by atoms with Crippen molar-refractivity contribution in [2.75, 3.05) is 6.61 Å². The molecule has 6 heteroatoms. The van der Waals surface area contributed by atoms with Crippen molar-refractivity contribution in [3.8, 4) is 0 Å². The van der Waals surface area contributed by atoms with Gasteiger partial charge < -0.3 is 10.4 Å². The van der Waals surface area contributed by atoms with E-state index in [9.17, 15) is 14.4 Å². The highest BCUT2D eigenvalue weighted by molar-refractivity contribution is 6.23. The predicted molar refractivity (Wildman–Crippen MR) is 115 cm³/mol. The Morgan fingerprint density at radius 2 is 1.63 bits per heavy atom. The summed E-state index contributed by atoms with van der Waals surface area (Å²) in [5.74, 6) is -1.05. The number of piperidine rings is 1. The molecule has 0 aliphatic carbocycles. The molecule has 2 aliphatic heterocycles. The number of unbranched alkanes of at least 4 members (excludes halogenated alkanes) is 7. The third kappa shape index (κ3) is 4.98. The molecule has 1 aromatic carbocycles. The first-order valence-electron chi connectivity index (χ1n) is 11.1. The molecule has 6 nitrogen and oxygen atoms in total. The average molecular weight is 413 g/mol. The van der Waals surface area contributed by atoms with Crippen molar-refractivity contribution >= 4 is 17.7 Å². The summed E-state index contributed by atoms with van der Waals surface area (Å²) in [6.07, 6.45) is 10.5. The van der Waals surface area contributed by atoms with Crippen LogP contribution in [0.5, 0.6) is 0 Å². The van der Waals surface area contributed by atoms with E-state index in [0.717, 1.165) is 49.0 Å². The summed E-state index contributed by atoms with van der Waals surface area (Å²) in [5.41, 5.74) is 2.42. The van der Waals surface area contributed by atoms with Gasteiger partial charge in [-0.25, -0.2) is 0 Å². The summed E-state index contributed by atoms with van der Waals surface area (Å²) >= 11 is 0. The minimum atomic E-state index is -0.762. The Kier molecular flexibility index (Phi) is 7.80. The van der Waals surface area contributed by atoms with Gasteiger partial charge in [0, 0.05) is 12.3 Å². The first kappa shape index (κ1) is 22.2. The number of carbonyl (C=O) groups excluding carboxylic acids is 3. The third-order valence-corrected chi connectivity index (χ3v) is 6.02. The van der Waals surface area contributed by atoms with Crippen molar-refractivity contribution < 1.29 is 19.5 Å². The van der Waals surface area contributed by atoms with E-state index in [1.54, 1.807) is 6.07 Å². The number of aliphatic hydroxyl groups excluding tert-OH is 1. The zero-order valence-corrected chi connectivity index (χ0v) is 17.6. The number of benzene rings is 1. The summed E-state index contributed by atoms with van der Waals surface area (Å²) in [6.45, 7) is 4.04. The molecule has 1 aromatic rings. The van der Waals surface area contributed by atoms with Crippen LogP contribution in [-0.2, 0) is 11.2 Å². The highest BCUT2D eigenvalue weighted by Gasteiger charge is 2.44. The molecule has 30 heavy (non-hydrogen) atoms. The topological polar surface area (TPSA) is 86.7 Å². The quantitative estimate of drug-likeness (QED) is 0.428. The second-order valence-corrected chi connectivity index (χ2v) is 8.27.